The topological polar surface area (TPSA) is 107 Å². The van der Waals surface area contributed by atoms with Crippen LogP contribution in [-0.2, 0) is 16.0 Å². The van der Waals surface area contributed by atoms with E-state index in [2.05, 4.69) is 37.1 Å². The number of carbonyl (C=O) groups excluding carboxylic acids is 1. The number of likely N-dealkylation sites (tertiary alicyclic amines) is 2. The van der Waals surface area contributed by atoms with Crippen LogP contribution in [0, 0.1) is 5.92 Å². The molecule has 40 heavy (non-hydrogen) atoms. The Balaban J connectivity index is 1.17. The van der Waals surface area contributed by atoms with Crippen molar-refractivity contribution >= 4 is 11.6 Å². The molecule has 0 unspecified atom stereocenters. The zero-order valence-electron chi connectivity index (χ0n) is 23.2. The van der Waals surface area contributed by atoms with Crippen LogP contribution in [0.4, 0.5) is 0 Å². The number of piperidine rings is 2. The minimum absolute atomic E-state index is 0.139. The van der Waals surface area contributed by atoms with Crippen LogP contribution in [0.15, 0.2) is 47.9 Å². The standard InChI is InChI=1S/C31H38N6O3/c1-40-19-18-36-14-8-23(9-15-36)31(38)37-16-10-22(11-17-37)30-33-28(21-6-12-32-13-7-21)29(34-30)25-2-4-26-24(20-25)3-5-27(26)35-39/h2,4,6-7,12-13,20,22-23,39H,3,5,8-11,14-19H2,1H3,(H,33,34). The van der Waals surface area contributed by atoms with E-state index in [-0.39, 0.29) is 11.8 Å². The summed E-state index contributed by atoms with van der Waals surface area (Å²) in [4.78, 5) is 30.8. The average molecular weight is 543 g/mol. The van der Waals surface area contributed by atoms with Crippen molar-refractivity contribution in [2.45, 2.75) is 44.4 Å². The number of oxime groups is 1. The first kappa shape index (κ1) is 26.7. The van der Waals surface area contributed by atoms with Crippen LogP contribution in [0.25, 0.3) is 22.5 Å². The highest BCUT2D eigenvalue weighted by Crippen LogP contribution is 2.37. The number of amides is 1. The summed E-state index contributed by atoms with van der Waals surface area (Å²) in [7, 11) is 1.74. The fraction of sp³-hybridized carbons (Fsp3) is 0.484. The van der Waals surface area contributed by atoms with E-state index in [0.717, 1.165) is 117 Å². The number of carbonyl (C=O) groups is 1. The second-order valence-electron chi connectivity index (χ2n) is 11.2. The molecule has 9 heteroatoms. The summed E-state index contributed by atoms with van der Waals surface area (Å²) in [5.41, 5.74) is 6.97. The number of hydrogen-bond donors (Lipinski definition) is 2. The smallest absolute Gasteiger partial charge is 0.225 e. The number of aromatic nitrogens is 3. The van der Waals surface area contributed by atoms with Crippen molar-refractivity contribution in [2.24, 2.45) is 11.1 Å². The maximum atomic E-state index is 13.3. The van der Waals surface area contributed by atoms with Crippen LogP contribution in [-0.4, -0.2) is 88.0 Å². The summed E-state index contributed by atoms with van der Waals surface area (Å²) in [6.07, 6.45) is 8.91. The molecule has 3 aliphatic rings. The van der Waals surface area contributed by atoms with Gasteiger partial charge in [0.2, 0.25) is 5.91 Å². The Hall–Kier alpha value is -3.56. The van der Waals surface area contributed by atoms with Crippen molar-refractivity contribution in [3.05, 3.63) is 59.7 Å². The summed E-state index contributed by atoms with van der Waals surface area (Å²) in [6, 6.07) is 10.3. The van der Waals surface area contributed by atoms with Crippen LogP contribution in [0.3, 0.4) is 0 Å². The molecule has 1 amide bonds. The molecule has 2 aliphatic heterocycles. The van der Waals surface area contributed by atoms with Crippen molar-refractivity contribution in [2.75, 3.05) is 46.4 Å². The number of hydrogen-bond acceptors (Lipinski definition) is 7. The number of fused-ring (bicyclic) bond motifs is 1. The van der Waals surface area contributed by atoms with Gasteiger partial charge in [0.15, 0.2) is 0 Å². The Morgan fingerprint density at radius 3 is 2.55 bits per heavy atom. The number of H-pyrrole nitrogens is 1. The molecular weight excluding hydrogens is 504 g/mol. The minimum Gasteiger partial charge on any atom is -0.411 e. The van der Waals surface area contributed by atoms with Crippen molar-refractivity contribution < 1.29 is 14.7 Å². The maximum Gasteiger partial charge on any atom is 0.225 e. The van der Waals surface area contributed by atoms with Crippen molar-refractivity contribution in [1.82, 2.24) is 24.8 Å². The molecule has 6 rings (SSSR count). The molecule has 0 bridgehead atoms. The van der Waals surface area contributed by atoms with E-state index in [4.69, 9.17) is 9.72 Å². The second kappa shape index (κ2) is 11.9. The third-order valence-corrected chi connectivity index (χ3v) is 8.87. The SMILES string of the molecule is COCCN1CCC(C(=O)N2CCC(c3nc(-c4ccc5c(c4)CCC5=NO)c(-c4ccncc4)[nH]3)CC2)CC1. The number of methoxy groups -OCH3 is 1. The molecule has 2 saturated heterocycles. The lowest BCUT2D eigenvalue weighted by Gasteiger charge is -2.37. The summed E-state index contributed by atoms with van der Waals surface area (Å²) in [5, 5.41) is 12.8. The number of benzene rings is 1. The first-order valence-corrected chi connectivity index (χ1v) is 14.5. The lowest BCUT2D eigenvalue weighted by Crippen LogP contribution is -2.45. The predicted molar refractivity (Wildman–Crippen MR) is 153 cm³/mol. The van der Waals surface area contributed by atoms with Crippen molar-refractivity contribution in [3.8, 4) is 22.5 Å². The maximum absolute atomic E-state index is 13.3. The van der Waals surface area contributed by atoms with E-state index in [1.807, 2.05) is 18.2 Å². The normalized spacial score (nSPS) is 19.8. The first-order chi connectivity index (χ1) is 19.6. The number of ether oxygens (including phenoxy) is 1. The van der Waals surface area contributed by atoms with Gasteiger partial charge < -0.3 is 24.7 Å². The van der Waals surface area contributed by atoms with Crippen LogP contribution >= 0.6 is 0 Å². The minimum atomic E-state index is 0.139. The van der Waals surface area contributed by atoms with Gasteiger partial charge in [-0.15, -0.1) is 0 Å². The van der Waals surface area contributed by atoms with E-state index in [1.165, 1.54) is 5.56 Å². The van der Waals surface area contributed by atoms with Gasteiger partial charge in [-0.2, -0.15) is 0 Å². The summed E-state index contributed by atoms with van der Waals surface area (Å²) >= 11 is 0. The number of aryl methyl sites for hydroxylation is 1. The zero-order valence-corrected chi connectivity index (χ0v) is 23.2. The fourth-order valence-corrected chi connectivity index (χ4v) is 6.50. The molecule has 2 aromatic heterocycles. The first-order valence-electron chi connectivity index (χ1n) is 14.5. The molecule has 2 N–H and O–H groups in total. The van der Waals surface area contributed by atoms with E-state index in [9.17, 15) is 10.0 Å². The van der Waals surface area contributed by atoms with Gasteiger partial charge >= 0.3 is 0 Å². The number of nitrogens with one attached hydrogen (secondary N) is 1. The van der Waals surface area contributed by atoms with E-state index >= 15 is 0 Å². The number of imidazole rings is 1. The Morgan fingerprint density at radius 1 is 1.05 bits per heavy atom. The number of rotatable bonds is 7. The van der Waals surface area contributed by atoms with Gasteiger partial charge in [-0.05, 0) is 75.4 Å². The van der Waals surface area contributed by atoms with Gasteiger partial charge in [-0.3, -0.25) is 9.78 Å². The van der Waals surface area contributed by atoms with Crippen LogP contribution in [0.5, 0.6) is 0 Å². The van der Waals surface area contributed by atoms with Crippen LogP contribution < -0.4 is 0 Å². The molecular formula is C31H38N6O3. The Labute approximate surface area is 235 Å². The van der Waals surface area contributed by atoms with Crippen LogP contribution in [0.1, 0.15) is 55.0 Å². The predicted octanol–water partition coefficient (Wildman–Crippen LogP) is 4.33. The Kier molecular flexibility index (Phi) is 7.93. The highest BCUT2D eigenvalue weighted by Gasteiger charge is 2.32. The lowest BCUT2D eigenvalue weighted by molar-refractivity contribution is -0.138. The molecule has 0 saturated carbocycles. The summed E-state index contributed by atoms with van der Waals surface area (Å²) < 4.78 is 5.21. The highest BCUT2D eigenvalue weighted by molar-refractivity contribution is 6.04. The average Bonchev–Trinajstić information content (AvgIpc) is 3.65. The van der Waals surface area contributed by atoms with Gasteiger partial charge in [0, 0.05) is 67.7 Å². The highest BCUT2D eigenvalue weighted by atomic mass is 16.5. The molecule has 210 valence electrons. The molecule has 0 spiro atoms. The lowest BCUT2D eigenvalue weighted by atomic mass is 9.91. The largest absolute Gasteiger partial charge is 0.411 e. The van der Waals surface area contributed by atoms with E-state index in [0.29, 0.717) is 5.91 Å². The third kappa shape index (κ3) is 5.40. The van der Waals surface area contributed by atoms with Gasteiger partial charge in [0.25, 0.3) is 0 Å². The quantitative estimate of drug-likeness (QED) is 0.340. The molecule has 9 nitrogen and oxygen atoms in total. The van der Waals surface area contributed by atoms with Crippen molar-refractivity contribution in [1.29, 1.82) is 0 Å². The van der Waals surface area contributed by atoms with Crippen LogP contribution in [0.2, 0.25) is 0 Å². The molecule has 3 aromatic rings. The fourth-order valence-electron chi connectivity index (χ4n) is 6.50. The monoisotopic (exact) mass is 542 g/mol. The number of aromatic amines is 1. The van der Waals surface area contributed by atoms with Gasteiger partial charge in [-0.1, -0.05) is 17.3 Å². The Bertz CT molecular complexity index is 1350. The molecule has 2 fully saturated rings. The molecule has 1 aromatic carbocycles. The van der Waals surface area contributed by atoms with Gasteiger partial charge in [0.05, 0.1) is 23.7 Å². The number of nitrogens with zero attached hydrogens (tertiary/aromatic N) is 5. The van der Waals surface area contributed by atoms with Gasteiger partial charge in [-0.25, -0.2) is 4.98 Å². The van der Waals surface area contributed by atoms with E-state index in [1.54, 1.807) is 19.5 Å². The third-order valence-electron chi connectivity index (χ3n) is 8.87. The molecule has 0 radical (unpaired) electrons. The summed E-state index contributed by atoms with van der Waals surface area (Å²) in [5.74, 6) is 1.72. The molecule has 0 atom stereocenters. The van der Waals surface area contributed by atoms with Crippen molar-refractivity contribution in [3.63, 3.8) is 0 Å². The van der Waals surface area contributed by atoms with Gasteiger partial charge in [0.1, 0.15) is 5.82 Å². The zero-order chi connectivity index (χ0) is 27.5. The second-order valence-corrected chi connectivity index (χ2v) is 11.2. The van der Waals surface area contributed by atoms with E-state index < -0.39 is 0 Å². The number of pyridine rings is 1. The molecule has 1 aliphatic carbocycles. The molecule has 4 heterocycles. The summed E-state index contributed by atoms with van der Waals surface area (Å²) in [6.45, 7) is 5.18. The Morgan fingerprint density at radius 2 is 1.82 bits per heavy atom.